The zero-order valence-corrected chi connectivity index (χ0v) is 12.0. The van der Waals surface area contributed by atoms with Crippen molar-refractivity contribution < 1.29 is 4.79 Å². The lowest BCUT2D eigenvalue weighted by Crippen LogP contribution is -2.39. The van der Waals surface area contributed by atoms with E-state index in [2.05, 4.69) is 29.4 Å². The van der Waals surface area contributed by atoms with Crippen LogP contribution in [0.4, 0.5) is 0 Å². The van der Waals surface area contributed by atoms with Crippen molar-refractivity contribution in [2.75, 3.05) is 32.7 Å². The quantitative estimate of drug-likeness (QED) is 0.612. The van der Waals surface area contributed by atoms with Crippen LogP contribution < -0.4 is 10.6 Å². The van der Waals surface area contributed by atoms with Crippen LogP contribution in [0.2, 0.25) is 0 Å². The molecule has 0 atom stereocenters. The lowest BCUT2D eigenvalue weighted by molar-refractivity contribution is -0.120. The molecule has 4 heteroatoms. The van der Waals surface area contributed by atoms with E-state index in [1.165, 1.54) is 12.8 Å². The fourth-order valence-corrected chi connectivity index (χ4v) is 2.52. The molecule has 18 heavy (non-hydrogen) atoms. The smallest absolute Gasteiger partial charge is 0.234 e. The van der Waals surface area contributed by atoms with Gasteiger partial charge in [-0.25, -0.2) is 0 Å². The summed E-state index contributed by atoms with van der Waals surface area (Å²) in [5, 5.41) is 6.31. The van der Waals surface area contributed by atoms with E-state index in [-0.39, 0.29) is 5.91 Å². The maximum absolute atomic E-state index is 11.6. The summed E-state index contributed by atoms with van der Waals surface area (Å²) in [7, 11) is 0. The third-order valence-electron chi connectivity index (χ3n) is 3.73. The molecule has 0 aromatic rings. The minimum Gasteiger partial charge on any atom is -0.352 e. The summed E-state index contributed by atoms with van der Waals surface area (Å²) in [6, 6.07) is 0.440. The van der Waals surface area contributed by atoms with Gasteiger partial charge in [0.25, 0.3) is 0 Å². The molecular weight excluding hydrogens is 226 g/mol. The Hall–Kier alpha value is -0.610. The van der Waals surface area contributed by atoms with E-state index in [4.69, 9.17) is 0 Å². The van der Waals surface area contributed by atoms with Crippen molar-refractivity contribution in [2.45, 2.75) is 52.0 Å². The molecule has 1 aliphatic rings. The molecule has 106 valence electrons. The molecule has 0 aliphatic heterocycles. The van der Waals surface area contributed by atoms with Crippen molar-refractivity contribution in [1.29, 1.82) is 0 Å². The Morgan fingerprint density at radius 2 is 1.89 bits per heavy atom. The summed E-state index contributed by atoms with van der Waals surface area (Å²) >= 11 is 0. The Morgan fingerprint density at radius 1 is 1.22 bits per heavy atom. The van der Waals surface area contributed by atoms with Crippen LogP contribution >= 0.6 is 0 Å². The zero-order chi connectivity index (χ0) is 13.2. The van der Waals surface area contributed by atoms with Crippen LogP contribution in [0.25, 0.3) is 0 Å². The van der Waals surface area contributed by atoms with Crippen LogP contribution in [-0.2, 0) is 4.79 Å². The SMILES string of the molecule is CCN(CC)CCCNCC(=O)NC1CCCC1. The van der Waals surface area contributed by atoms with E-state index in [9.17, 15) is 4.79 Å². The molecule has 0 aromatic heterocycles. The Bertz CT molecular complexity index is 223. The molecule has 1 aliphatic carbocycles. The van der Waals surface area contributed by atoms with Gasteiger partial charge < -0.3 is 15.5 Å². The van der Waals surface area contributed by atoms with Crippen molar-refractivity contribution in [1.82, 2.24) is 15.5 Å². The maximum atomic E-state index is 11.6. The van der Waals surface area contributed by atoms with Gasteiger partial charge in [0.05, 0.1) is 6.54 Å². The molecule has 0 radical (unpaired) electrons. The second-order valence-corrected chi connectivity index (χ2v) is 5.11. The summed E-state index contributed by atoms with van der Waals surface area (Å²) in [5.41, 5.74) is 0. The fourth-order valence-electron chi connectivity index (χ4n) is 2.52. The predicted octanol–water partition coefficient (Wildman–Crippen LogP) is 1.37. The number of nitrogens with one attached hydrogen (secondary N) is 2. The Labute approximate surface area is 111 Å². The lowest BCUT2D eigenvalue weighted by Gasteiger charge is -2.17. The summed E-state index contributed by atoms with van der Waals surface area (Å²) in [6.45, 7) is 9.10. The van der Waals surface area contributed by atoms with Gasteiger partial charge in [0.2, 0.25) is 5.91 Å². The molecule has 0 saturated heterocycles. The van der Waals surface area contributed by atoms with Crippen LogP contribution in [0.3, 0.4) is 0 Å². The number of carbonyl (C=O) groups excluding carboxylic acids is 1. The average molecular weight is 255 g/mol. The number of carbonyl (C=O) groups is 1. The first-order chi connectivity index (χ1) is 8.76. The van der Waals surface area contributed by atoms with Crippen molar-refractivity contribution in [3.63, 3.8) is 0 Å². The highest BCUT2D eigenvalue weighted by molar-refractivity contribution is 5.78. The van der Waals surface area contributed by atoms with Crippen molar-refractivity contribution in [3.05, 3.63) is 0 Å². The summed E-state index contributed by atoms with van der Waals surface area (Å²) in [6.07, 6.45) is 5.96. The molecule has 4 nitrogen and oxygen atoms in total. The normalized spacial score (nSPS) is 16.4. The van der Waals surface area contributed by atoms with Crippen LogP contribution in [0.5, 0.6) is 0 Å². The van der Waals surface area contributed by atoms with Gasteiger partial charge in [-0.2, -0.15) is 0 Å². The standard InChI is InChI=1S/C14H29N3O/c1-3-17(4-2)11-7-10-15-12-14(18)16-13-8-5-6-9-13/h13,15H,3-12H2,1-2H3,(H,16,18). The first-order valence-corrected chi connectivity index (χ1v) is 7.48. The van der Waals surface area contributed by atoms with Crippen molar-refractivity contribution >= 4 is 5.91 Å². The van der Waals surface area contributed by atoms with Crippen LogP contribution in [0.1, 0.15) is 46.0 Å². The van der Waals surface area contributed by atoms with Gasteiger partial charge in [-0.05, 0) is 45.4 Å². The topological polar surface area (TPSA) is 44.4 Å². The molecule has 0 unspecified atom stereocenters. The summed E-state index contributed by atoms with van der Waals surface area (Å²) < 4.78 is 0. The van der Waals surface area contributed by atoms with Crippen molar-refractivity contribution in [2.24, 2.45) is 0 Å². The lowest BCUT2D eigenvalue weighted by atomic mass is 10.2. The summed E-state index contributed by atoms with van der Waals surface area (Å²) in [5.74, 6) is 0.157. The largest absolute Gasteiger partial charge is 0.352 e. The molecule has 0 bridgehead atoms. The Morgan fingerprint density at radius 3 is 2.50 bits per heavy atom. The monoisotopic (exact) mass is 255 g/mol. The highest BCUT2D eigenvalue weighted by Crippen LogP contribution is 2.17. The van der Waals surface area contributed by atoms with E-state index >= 15 is 0 Å². The molecule has 1 rings (SSSR count). The number of nitrogens with zero attached hydrogens (tertiary/aromatic N) is 1. The first-order valence-electron chi connectivity index (χ1n) is 7.48. The van der Waals surface area contributed by atoms with E-state index in [0.717, 1.165) is 45.4 Å². The second-order valence-electron chi connectivity index (χ2n) is 5.11. The van der Waals surface area contributed by atoms with Crippen LogP contribution in [0.15, 0.2) is 0 Å². The minimum atomic E-state index is 0.157. The van der Waals surface area contributed by atoms with E-state index in [1.54, 1.807) is 0 Å². The molecular formula is C14H29N3O. The van der Waals surface area contributed by atoms with Crippen molar-refractivity contribution in [3.8, 4) is 0 Å². The van der Waals surface area contributed by atoms with Gasteiger partial charge in [0.15, 0.2) is 0 Å². The van der Waals surface area contributed by atoms with Gasteiger partial charge in [0.1, 0.15) is 0 Å². The second kappa shape index (κ2) is 9.34. The predicted molar refractivity (Wildman–Crippen MR) is 75.7 cm³/mol. The maximum Gasteiger partial charge on any atom is 0.234 e. The highest BCUT2D eigenvalue weighted by Gasteiger charge is 2.16. The first kappa shape index (κ1) is 15.4. The van der Waals surface area contributed by atoms with Crippen LogP contribution in [-0.4, -0.2) is 49.6 Å². The van der Waals surface area contributed by atoms with Gasteiger partial charge in [-0.15, -0.1) is 0 Å². The van der Waals surface area contributed by atoms with Gasteiger partial charge in [-0.1, -0.05) is 26.7 Å². The van der Waals surface area contributed by atoms with Gasteiger partial charge in [0, 0.05) is 6.04 Å². The average Bonchev–Trinajstić information content (AvgIpc) is 2.86. The Balaban J connectivity index is 1.95. The molecule has 0 heterocycles. The van der Waals surface area contributed by atoms with Crippen LogP contribution in [0, 0.1) is 0 Å². The molecule has 1 saturated carbocycles. The van der Waals surface area contributed by atoms with E-state index in [1.807, 2.05) is 0 Å². The molecule has 1 amide bonds. The third kappa shape index (κ3) is 6.36. The van der Waals surface area contributed by atoms with E-state index in [0.29, 0.717) is 12.6 Å². The number of hydrogen-bond acceptors (Lipinski definition) is 3. The summed E-state index contributed by atoms with van der Waals surface area (Å²) in [4.78, 5) is 14.0. The third-order valence-corrected chi connectivity index (χ3v) is 3.73. The number of rotatable bonds is 9. The Kier molecular flexibility index (Phi) is 8.01. The van der Waals surface area contributed by atoms with Gasteiger partial charge in [-0.3, -0.25) is 4.79 Å². The molecule has 2 N–H and O–H groups in total. The molecule has 0 aromatic carbocycles. The fraction of sp³-hybridized carbons (Fsp3) is 0.929. The number of hydrogen-bond donors (Lipinski definition) is 2. The molecule has 1 fully saturated rings. The van der Waals surface area contributed by atoms with Gasteiger partial charge >= 0.3 is 0 Å². The molecule has 0 spiro atoms. The highest BCUT2D eigenvalue weighted by atomic mass is 16.1. The van der Waals surface area contributed by atoms with E-state index < -0.39 is 0 Å². The zero-order valence-electron chi connectivity index (χ0n) is 12.0. The minimum absolute atomic E-state index is 0.157. The number of amides is 1.